The molecule has 0 aliphatic carbocycles. The van der Waals surface area contributed by atoms with Crippen LogP contribution in [0.5, 0.6) is 28.7 Å². The molecule has 0 atom stereocenters. The van der Waals surface area contributed by atoms with E-state index in [1.807, 2.05) is 57.2 Å². The lowest BCUT2D eigenvalue weighted by atomic mass is 9.99. The summed E-state index contributed by atoms with van der Waals surface area (Å²) in [6.07, 6.45) is 0. The molecule has 7 aromatic rings. The maximum absolute atomic E-state index is 13.4. The highest BCUT2D eigenvalue weighted by Crippen LogP contribution is 2.31. The number of benzene rings is 7. The largest absolute Gasteiger partial charge is 0.497 e. The lowest BCUT2D eigenvalue weighted by molar-refractivity contribution is 0.0730. The Hall–Kier alpha value is -7.46. The molecule has 0 bridgehead atoms. The van der Waals surface area contributed by atoms with E-state index in [2.05, 4.69) is 5.32 Å². The average Bonchev–Trinajstić information content (AvgIpc) is 3.19. The predicted octanol–water partition coefficient (Wildman–Crippen LogP) is 9.85. The van der Waals surface area contributed by atoms with Gasteiger partial charge in [0.25, 0.3) is 5.91 Å². The van der Waals surface area contributed by atoms with Crippen LogP contribution in [0.3, 0.4) is 0 Å². The topological polar surface area (TPSA) is 126 Å². The van der Waals surface area contributed by atoms with E-state index in [0.29, 0.717) is 22.7 Å². The summed E-state index contributed by atoms with van der Waals surface area (Å²) < 4.78 is 27.8. The molecule has 1 amide bonds. The molecule has 0 fully saturated rings. The molecule has 0 saturated carbocycles. The van der Waals surface area contributed by atoms with E-state index in [-0.39, 0.29) is 39.8 Å². The minimum Gasteiger partial charge on any atom is -0.497 e. The number of anilines is 1. The molecule has 284 valence electrons. The Morgan fingerprint density at radius 3 is 1.25 bits per heavy atom. The van der Waals surface area contributed by atoms with Crippen molar-refractivity contribution in [2.75, 3.05) is 19.5 Å². The van der Waals surface area contributed by atoms with E-state index >= 15 is 0 Å². The van der Waals surface area contributed by atoms with Gasteiger partial charge in [-0.25, -0.2) is 14.4 Å². The highest BCUT2D eigenvalue weighted by molar-refractivity contribution is 6.06. The molecule has 10 nitrogen and oxygen atoms in total. The Bertz CT molecular complexity index is 2580. The van der Waals surface area contributed by atoms with Crippen LogP contribution in [0.4, 0.5) is 5.69 Å². The summed E-state index contributed by atoms with van der Waals surface area (Å²) in [5, 5.41) is 6.21. The second-order valence-electron chi connectivity index (χ2n) is 13.5. The number of hydrogen-bond donors (Lipinski definition) is 1. The summed E-state index contributed by atoms with van der Waals surface area (Å²) in [4.78, 5) is 53.3. The van der Waals surface area contributed by atoms with Crippen molar-refractivity contribution in [1.82, 2.24) is 0 Å². The van der Waals surface area contributed by atoms with Crippen LogP contribution in [0.1, 0.15) is 58.1 Å². The summed E-state index contributed by atoms with van der Waals surface area (Å²) >= 11 is 0. The number of esters is 3. The van der Waals surface area contributed by atoms with Crippen LogP contribution in [0, 0.1) is 20.8 Å². The first-order chi connectivity index (χ1) is 27.5. The van der Waals surface area contributed by atoms with Gasteiger partial charge in [-0.15, -0.1) is 0 Å². The van der Waals surface area contributed by atoms with E-state index in [1.54, 1.807) is 74.9 Å². The molecule has 7 aromatic carbocycles. The molecule has 10 heteroatoms. The highest BCUT2D eigenvalue weighted by Gasteiger charge is 2.19. The van der Waals surface area contributed by atoms with Gasteiger partial charge < -0.3 is 29.0 Å². The molecule has 0 heterocycles. The van der Waals surface area contributed by atoms with Crippen molar-refractivity contribution in [3.05, 3.63) is 166 Å². The molecule has 0 aliphatic heterocycles. The van der Waals surface area contributed by atoms with Crippen LogP contribution in [0.15, 0.2) is 127 Å². The Morgan fingerprint density at radius 1 is 0.421 bits per heavy atom. The van der Waals surface area contributed by atoms with E-state index in [0.717, 1.165) is 38.2 Å². The molecule has 57 heavy (non-hydrogen) atoms. The standard InChI is InChI=1S/C47H37NO9/c1-27-18-28(2)43(29(3)19-27)44(49)48-37-14-10-30(11-15-37)45(50)55-40-24-41(56-46(51)35-8-6-33-22-38(53-4)16-12-31(33)20-35)26-42(25-40)57-47(52)36-9-7-34-23-39(54-5)17-13-32(34)21-36/h6-26H,1-5H3,(H,48,49). The highest BCUT2D eigenvalue weighted by atomic mass is 16.6. The third-order valence-corrected chi connectivity index (χ3v) is 9.33. The van der Waals surface area contributed by atoms with Crippen molar-refractivity contribution >= 4 is 51.0 Å². The van der Waals surface area contributed by atoms with Crippen molar-refractivity contribution in [3.8, 4) is 28.7 Å². The van der Waals surface area contributed by atoms with Crippen molar-refractivity contribution < 1.29 is 42.9 Å². The maximum atomic E-state index is 13.4. The number of methoxy groups -OCH3 is 2. The van der Waals surface area contributed by atoms with Crippen LogP contribution >= 0.6 is 0 Å². The third kappa shape index (κ3) is 8.60. The van der Waals surface area contributed by atoms with E-state index in [4.69, 9.17) is 23.7 Å². The molecule has 1 N–H and O–H groups in total. The van der Waals surface area contributed by atoms with Crippen molar-refractivity contribution in [3.63, 3.8) is 0 Å². The Morgan fingerprint density at radius 2 is 0.807 bits per heavy atom. The number of hydrogen-bond acceptors (Lipinski definition) is 9. The number of nitrogens with one attached hydrogen (secondary N) is 1. The zero-order chi connectivity index (χ0) is 40.2. The lowest BCUT2D eigenvalue weighted by Crippen LogP contribution is -2.15. The zero-order valence-electron chi connectivity index (χ0n) is 31.8. The summed E-state index contributed by atoms with van der Waals surface area (Å²) in [6, 6.07) is 35.3. The molecular formula is C47H37NO9. The number of carbonyl (C=O) groups excluding carboxylic acids is 4. The van der Waals surface area contributed by atoms with Gasteiger partial charge in [-0.1, -0.05) is 42.0 Å². The number of ether oxygens (including phenoxy) is 5. The fourth-order valence-corrected chi connectivity index (χ4v) is 6.60. The van der Waals surface area contributed by atoms with Crippen molar-refractivity contribution in [2.24, 2.45) is 0 Å². The fraction of sp³-hybridized carbons (Fsp3) is 0.106. The average molecular weight is 760 g/mol. The molecule has 0 saturated heterocycles. The van der Waals surface area contributed by atoms with Crippen LogP contribution in [-0.2, 0) is 0 Å². The van der Waals surface area contributed by atoms with Gasteiger partial charge in [0, 0.05) is 29.4 Å². The summed E-state index contributed by atoms with van der Waals surface area (Å²) in [5.74, 6) is -1.13. The third-order valence-electron chi connectivity index (χ3n) is 9.33. The Labute approximate surface area is 328 Å². The minimum atomic E-state index is -0.742. The first-order valence-electron chi connectivity index (χ1n) is 17.9. The number of amides is 1. The van der Waals surface area contributed by atoms with E-state index < -0.39 is 17.9 Å². The SMILES string of the molecule is COc1ccc2cc(C(=O)Oc3cc(OC(=O)c4ccc(NC(=O)c5c(C)cc(C)cc5C)cc4)cc(OC(=O)c4ccc5cc(OC)ccc5c4)c3)ccc2c1. The zero-order valence-corrected chi connectivity index (χ0v) is 31.8. The Balaban J connectivity index is 1.12. The molecule has 7 rings (SSSR count). The molecule has 0 aliphatic rings. The molecule has 0 aromatic heterocycles. The second kappa shape index (κ2) is 16.1. The van der Waals surface area contributed by atoms with Gasteiger partial charge in [0.1, 0.15) is 28.7 Å². The summed E-state index contributed by atoms with van der Waals surface area (Å²) in [5.41, 5.74) is 4.57. The minimum absolute atomic E-state index is 0.0340. The molecule has 0 spiro atoms. The van der Waals surface area contributed by atoms with Crippen LogP contribution in [-0.4, -0.2) is 38.0 Å². The number of carbonyl (C=O) groups is 4. The van der Waals surface area contributed by atoms with Gasteiger partial charge in [-0.3, -0.25) is 4.79 Å². The lowest BCUT2D eigenvalue weighted by Gasteiger charge is -2.13. The van der Waals surface area contributed by atoms with Crippen LogP contribution in [0.25, 0.3) is 21.5 Å². The predicted molar refractivity (Wildman–Crippen MR) is 217 cm³/mol. The van der Waals surface area contributed by atoms with Crippen molar-refractivity contribution in [2.45, 2.75) is 20.8 Å². The van der Waals surface area contributed by atoms with Gasteiger partial charge in [0.05, 0.1) is 30.9 Å². The molecule has 0 radical (unpaired) electrons. The van der Waals surface area contributed by atoms with E-state index in [9.17, 15) is 19.2 Å². The van der Waals surface area contributed by atoms with Gasteiger partial charge in [-0.2, -0.15) is 0 Å². The first-order valence-corrected chi connectivity index (χ1v) is 17.9. The van der Waals surface area contributed by atoms with E-state index in [1.165, 1.54) is 30.3 Å². The quantitative estimate of drug-likeness (QED) is 0.107. The van der Waals surface area contributed by atoms with Gasteiger partial charge in [0.15, 0.2) is 0 Å². The van der Waals surface area contributed by atoms with Crippen LogP contribution < -0.4 is 29.0 Å². The fourth-order valence-electron chi connectivity index (χ4n) is 6.60. The monoisotopic (exact) mass is 759 g/mol. The first kappa shape index (κ1) is 37.8. The van der Waals surface area contributed by atoms with Gasteiger partial charge in [-0.05, 0) is 126 Å². The summed E-state index contributed by atoms with van der Waals surface area (Å²) in [7, 11) is 3.16. The normalized spacial score (nSPS) is 10.8. The number of aryl methyl sites for hydroxylation is 3. The molecule has 0 unspecified atom stereocenters. The van der Waals surface area contributed by atoms with Gasteiger partial charge >= 0.3 is 17.9 Å². The summed E-state index contributed by atoms with van der Waals surface area (Å²) in [6.45, 7) is 5.75. The van der Waals surface area contributed by atoms with Crippen molar-refractivity contribution in [1.29, 1.82) is 0 Å². The smallest absolute Gasteiger partial charge is 0.343 e. The van der Waals surface area contributed by atoms with Gasteiger partial charge in [0.2, 0.25) is 0 Å². The number of fused-ring (bicyclic) bond motifs is 2. The van der Waals surface area contributed by atoms with Crippen LogP contribution in [0.2, 0.25) is 0 Å². The Kier molecular flexibility index (Phi) is 10.7. The maximum Gasteiger partial charge on any atom is 0.343 e. The second-order valence-corrected chi connectivity index (χ2v) is 13.5. The molecular weight excluding hydrogens is 723 g/mol. The number of rotatable bonds is 10.